The van der Waals surface area contributed by atoms with Crippen molar-refractivity contribution in [2.45, 2.75) is 25.7 Å². The van der Waals surface area contributed by atoms with Crippen LogP contribution >= 0.6 is 11.3 Å². The summed E-state index contributed by atoms with van der Waals surface area (Å²) < 4.78 is 1.46. The minimum absolute atomic E-state index is 0.0801. The second-order valence-electron chi connectivity index (χ2n) is 4.39. The number of hydrogen-bond acceptors (Lipinski definition) is 3. The zero-order chi connectivity index (χ0) is 12.4. The molecule has 4 heteroatoms. The van der Waals surface area contributed by atoms with E-state index in [1.54, 1.807) is 23.6 Å². The van der Waals surface area contributed by atoms with Gasteiger partial charge in [0.1, 0.15) is 5.00 Å². The van der Waals surface area contributed by atoms with Gasteiger partial charge in [0.05, 0.1) is 0 Å². The van der Waals surface area contributed by atoms with Crippen molar-refractivity contribution in [2.24, 2.45) is 0 Å². The number of thiophene rings is 1. The topological polar surface area (TPSA) is 34.9 Å². The van der Waals surface area contributed by atoms with Crippen LogP contribution in [-0.4, -0.2) is 9.78 Å². The summed E-state index contributed by atoms with van der Waals surface area (Å²) in [7, 11) is 0. The van der Waals surface area contributed by atoms with Gasteiger partial charge in [-0.15, -0.1) is 11.3 Å². The molecule has 1 aliphatic rings. The van der Waals surface area contributed by atoms with E-state index in [1.807, 2.05) is 6.07 Å². The Hall–Kier alpha value is -1.68. The van der Waals surface area contributed by atoms with Gasteiger partial charge in [-0.3, -0.25) is 4.79 Å². The monoisotopic (exact) mass is 258 g/mol. The Morgan fingerprint density at radius 1 is 1.22 bits per heavy atom. The summed E-state index contributed by atoms with van der Waals surface area (Å²) in [6.45, 7) is 0. The molecule has 0 amide bonds. The van der Waals surface area contributed by atoms with Crippen molar-refractivity contribution in [3.63, 3.8) is 0 Å². The van der Waals surface area contributed by atoms with Gasteiger partial charge in [-0.25, -0.2) is 0 Å². The third-order valence-electron chi connectivity index (χ3n) is 3.12. The van der Waals surface area contributed by atoms with E-state index in [-0.39, 0.29) is 5.56 Å². The zero-order valence-electron chi connectivity index (χ0n) is 10.0. The molecule has 0 fully saturated rings. The molecule has 0 aromatic carbocycles. The lowest BCUT2D eigenvalue weighted by atomic mass is 9.99. The summed E-state index contributed by atoms with van der Waals surface area (Å²) in [5, 5.41) is 4.99. The van der Waals surface area contributed by atoms with Crippen LogP contribution in [0, 0.1) is 0 Å². The molecule has 0 saturated heterocycles. The Balaban J connectivity index is 1.97. The minimum atomic E-state index is -0.0801. The van der Waals surface area contributed by atoms with Crippen LogP contribution < -0.4 is 5.56 Å². The Kier molecular flexibility index (Phi) is 3.11. The number of aromatic nitrogens is 2. The van der Waals surface area contributed by atoms with E-state index in [4.69, 9.17) is 0 Å². The van der Waals surface area contributed by atoms with Crippen molar-refractivity contribution in [1.29, 1.82) is 0 Å². The van der Waals surface area contributed by atoms with Crippen molar-refractivity contribution < 1.29 is 0 Å². The molecule has 18 heavy (non-hydrogen) atoms. The van der Waals surface area contributed by atoms with E-state index in [2.05, 4.69) is 17.2 Å². The van der Waals surface area contributed by atoms with Crippen molar-refractivity contribution in [3.8, 4) is 5.00 Å². The van der Waals surface area contributed by atoms with Crippen LogP contribution in [-0.2, 0) is 0 Å². The van der Waals surface area contributed by atoms with Crippen LogP contribution in [0.2, 0.25) is 0 Å². The fourth-order valence-electron chi connectivity index (χ4n) is 2.20. The highest BCUT2D eigenvalue weighted by molar-refractivity contribution is 7.15. The summed E-state index contributed by atoms with van der Waals surface area (Å²) >= 11 is 1.64. The fraction of sp³-hybridized carbons (Fsp3) is 0.286. The van der Waals surface area contributed by atoms with Crippen LogP contribution in [0.4, 0.5) is 0 Å². The third kappa shape index (κ3) is 2.16. The molecule has 0 unspecified atom stereocenters. The summed E-state index contributed by atoms with van der Waals surface area (Å²) in [5.41, 5.74) is 1.34. The predicted octanol–water partition coefficient (Wildman–Crippen LogP) is 3.25. The molecular formula is C14H14N2OS. The largest absolute Gasteiger partial charge is 0.272 e. The lowest BCUT2D eigenvalue weighted by Gasteiger charge is -2.10. The maximum atomic E-state index is 11.7. The molecule has 3 rings (SSSR count). The van der Waals surface area contributed by atoms with Crippen molar-refractivity contribution in [3.05, 3.63) is 51.8 Å². The number of hydrogen-bond donors (Lipinski definition) is 0. The first-order valence-electron chi connectivity index (χ1n) is 6.18. The summed E-state index contributed by atoms with van der Waals surface area (Å²) in [4.78, 5) is 13.0. The molecule has 0 atom stereocenters. The van der Waals surface area contributed by atoms with Crippen LogP contribution in [0.5, 0.6) is 0 Å². The maximum Gasteiger partial charge on any atom is 0.272 e. The van der Waals surface area contributed by atoms with Crippen molar-refractivity contribution in [1.82, 2.24) is 9.78 Å². The van der Waals surface area contributed by atoms with E-state index in [9.17, 15) is 4.79 Å². The average molecular weight is 258 g/mol. The Morgan fingerprint density at radius 2 is 2.17 bits per heavy atom. The maximum absolute atomic E-state index is 11.7. The summed E-state index contributed by atoms with van der Waals surface area (Å²) in [6.07, 6.45) is 8.84. The molecular weight excluding hydrogens is 244 g/mol. The smallest absolute Gasteiger partial charge is 0.267 e. The molecule has 0 saturated carbocycles. The SMILES string of the molecule is O=c1cccnn1-c1ccc(C2=CCCCC2)s1. The van der Waals surface area contributed by atoms with Gasteiger partial charge in [0.2, 0.25) is 0 Å². The predicted molar refractivity (Wildman–Crippen MR) is 74.2 cm³/mol. The zero-order valence-corrected chi connectivity index (χ0v) is 10.8. The normalized spacial score (nSPS) is 15.4. The summed E-state index contributed by atoms with van der Waals surface area (Å²) in [5.74, 6) is 0. The van der Waals surface area contributed by atoms with Crippen LogP contribution in [0.15, 0.2) is 41.3 Å². The molecule has 92 valence electrons. The standard InChI is InChI=1S/C14H14N2OS/c17-13-7-4-10-15-16(13)14-9-8-12(18-14)11-5-2-1-3-6-11/h4-5,7-10H,1-3,6H2. The van der Waals surface area contributed by atoms with E-state index in [1.165, 1.54) is 40.5 Å². The molecule has 0 spiro atoms. The lowest BCUT2D eigenvalue weighted by Crippen LogP contribution is -2.17. The molecule has 2 aromatic heterocycles. The fourth-order valence-corrected chi connectivity index (χ4v) is 3.24. The van der Waals surface area contributed by atoms with Crippen molar-refractivity contribution in [2.75, 3.05) is 0 Å². The van der Waals surface area contributed by atoms with Gasteiger partial charge in [-0.2, -0.15) is 9.78 Å². The quantitative estimate of drug-likeness (QED) is 0.828. The molecule has 0 bridgehead atoms. The highest BCUT2D eigenvalue weighted by atomic mass is 32.1. The number of nitrogens with zero attached hydrogens (tertiary/aromatic N) is 2. The second-order valence-corrected chi connectivity index (χ2v) is 5.45. The second kappa shape index (κ2) is 4.90. The van der Waals surface area contributed by atoms with Gasteiger partial charge in [-0.05, 0) is 49.5 Å². The first kappa shape index (κ1) is 11.4. The number of rotatable bonds is 2. The highest BCUT2D eigenvalue weighted by Gasteiger charge is 2.10. The molecule has 0 N–H and O–H groups in total. The molecule has 0 aliphatic heterocycles. The Bertz CT molecular complexity index is 639. The van der Waals surface area contributed by atoms with Gasteiger partial charge in [-0.1, -0.05) is 6.08 Å². The van der Waals surface area contributed by atoms with Crippen LogP contribution in [0.25, 0.3) is 10.6 Å². The first-order chi connectivity index (χ1) is 8.84. The average Bonchev–Trinajstić information content (AvgIpc) is 2.90. The molecule has 0 radical (unpaired) electrons. The lowest BCUT2D eigenvalue weighted by molar-refractivity contribution is 0.743. The molecule has 2 aromatic rings. The first-order valence-corrected chi connectivity index (χ1v) is 7.00. The van der Waals surface area contributed by atoms with Gasteiger partial charge >= 0.3 is 0 Å². The van der Waals surface area contributed by atoms with E-state index in [0.717, 1.165) is 11.4 Å². The molecule has 1 aliphatic carbocycles. The highest BCUT2D eigenvalue weighted by Crippen LogP contribution is 2.32. The van der Waals surface area contributed by atoms with Gasteiger partial charge in [0.25, 0.3) is 5.56 Å². The van der Waals surface area contributed by atoms with Crippen molar-refractivity contribution >= 4 is 16.9 Å². The molecule has 2 heterocycles. The Labute approximate surface area is 109 Å². The number of allylic oxidation sites excluding steroid dienone is 2. The van der Waals surface area contributed by atoms with E-state index >= 15 is 0 Å². The van der Waals surface area contributed by atoms with Gasteiger partial charge in [0.15, 0.2) is 0 Å². The van der Waals surface area contributed by atoms with E-state index < -0.39 is 0 Å². The van der Waals surface area contributed by atoms with Crippen LogP contribution in [0.3, 0.4) is 0 Å². The Morgan fingerprint density at radius 3 is 2.94 bits per heavy atom. The third-order valence-corrected chi connectivity index (χ3v) is 4.26. The summed E-state index contributed by atoms with van der Waals surface area (Å²) in [6, 6.07) is 7.27. The van der Waals surface area contributed by atoms with Gasteiger partial charge < -0.3 is 0 Å². The van der Waals surface area contributed by atoms with Gasteiger partial charge in [0, 0.05) is 17.1 Å². The minimum Gasteiger partial charge on any atom is -0.267 e. The van der Waals surface area contributed by atoms with Crippen LogP contribution in [0.1, 0.15) is 30.6 Å². The molecule has 3 nitrogen and oxygen atoms in total. The van der Waals surface area contributed by atoms with E-state index in [0.29, 0.717) is 0 Å².